The van der Waals surface area contributed by atoms with E-state index < -0.39 is 23.9 Å². The van der Waals surface area contributed by atoms with Crippen molar-refractivity contribution in [3.05, 3.63) is 82.1 Å². The van der Waals surface area contributed by atoms with Crippen molar-refractivity contribution in [1.82, 2.24) is 14.9 Å². The number of anilines is 1. The van der Waals surface area contributed by atoms with Crippen molar-refractivity contribution in [2.75, 3.05) is 19.0 Å². The quantitative estimate of drug-likeness (QED) is 0.613. The number of amides is 2. The number of aromatic amines is 1. The smallest absolute Gasteiger partial charge is 0.337 e. The van der Waals surface area contributed by atoms with Crippen molar-refractivity contribution in [2.24, 2.45) is 0 Å². The van der Waals surface area contributed by atoms with Crippen LogP contribution in [0.5, 0.6) is 0 Å². The Hall–Kier alpha value is -3.39. The molecular formula is C21H18ClFN4O3. The number of fused-ring (bicyclic) bond motifs is 1. The second-order valence-corrected chi connectivity index (χ2v) is 7.21. The number of halogens is 2. The number of carbonyl (C=O) groups excluding carboxylic acids is 2. The summed E-state index contributed by atoms with van der Waals surface area (Å²) < 4.78 is 19.4. The molecular weight excluding hydrogens is 411 g/mol. The maximum atomic E-state index is 14.7. The first-order valence-electron chi connectivity index (χ1n) is 9.21. The normalized spacial score (nSPS) is 15.4. The molecule has 3 aromatic rings. The molecule has 1 aliphatic heterocycles. The Morgan fingerprint density at radius 1 is 1.27 bits per heavy atom. The molecule has 2 heterocycles. The minimum Gasteiger partial charge on any atom is -0.465 e. The van der Waals surface area contributed by atoms with E-state index in [0.29, 0.717) is 35.5 Å². The van der Waals surface area contributed by atoms with Gasteiger partial charge in [-0.05, 0) is 36.4 Å². The zero-order chi connectivity index (χ0) is 21.3. The van der Waals surface area contributed by atoms with Gasteiger partial charge in [-0.15, -0.1) is 0 Å². The minimum atomic E-state index is -0.702. The Morgan fingerprint density at radius 2 is 2.03 bits per heavy atom. The molecule has 0 saturated carbocycles. The van der Waals surface area contributed by atoms with Crippen molar-refractivity contribution < 1.29 is 18.7 Å². The summed E-state index contributed by atoms with van der Waals surface area (Å²) >= 11 is 5.90. The van der Waals surface area contributed by atoms with E-state index in [2.05, 4.69) is 20.0 Å². The van der Waals surface area contributed by atoms with Gasteiger partial charge in [0.05, 0.1) is 24.7 Å². The number of urea groups is 1. The second kappa shape index (κ2) is 8.16. The number of nitrogens with zero attached hydrogens (tertiary/aromatic N) is 2. The van der Waals surface area contributed by atoms with Crippen LogP contribution in [0.25, 0.3) is 0 Å². The fourth-order valence-electron chi connectivity index (χ4n) is 3.54. The van der Waals surface area contributed by atoms with Crippen LogP contribution in [0.15, 0.2) is 48.8 Å². The lowest BCUT2D eigenvalue weighted by Crippen LogP contribution is -2.43. The molecule has 2 amide bonds. The Bertz CT molecular complexity index is 1100. The van der Waals surface area contributed by atoms with Crippen LogP contribution >= 0.6 is 11.6 Å². The zero-order valence-corrected chi connectivity index (χ0v) is 16.7. The van der Waals surface area contributed by atoms with Crippen LogP contribution in [-0.2, 0) is 11.2 Å². The highest BCUT2D eigenvalue weighted by Gasteiger charge is 2.35. The third kappa shape index (κ3) is 3.73. The Morgan fingerprint density at radius 3 is 2.73 bits per heavy atom. The predicted molar refractivity (Wildman–Crippen MR) is 109 cm³/mol. The SMILES string of the molecule is COC(=O)c1ccc(NC(=O)N2CCc3[nH]cnc3[C@@H]2c2ccc(Cl)cc2F)cc1. The van der Waals surface area contributed by atoms with Gasteiger partial charge in [-0.2, -0.15) is 0 Å². The molecule has 0 bridgehead atoms. The van der Waals surface area contributed by atoms with Crippen molar-refractivity contribution in [3.8, 4) is 0 Å². The molecule has 1 aromatic heterocycles. The summed E-state index contributed by atoms with van der Waals surface area (Å²) in [5.41, 5.74) is 2.63. The fraction of sp³-hybridized carbons (Fsp3) is 0.190. The number of nitrogens with one attached hydrogen (secondary N) is 2. The highest BCUT2D eigenvalue weighted by atomic mass is 35.5. The first-order chi connectivity index (χ1) is 14.5. The number of imidazole rings is 1. The molecule has 0 aliphatic carbocycles. The van der Waals surface area contributed by atoms with Crippen LogP contribution in [0.4, 0.5) is 14.9 Å². The number of hydrogen-bond acceptors (Lipinski definition) is 4. The average molecular weight is 429 g/mol. The Balaban J connectivity index is 1.63. The van der Waals surface area contributed by atoms with Gasteiger partial charge >= 0.3 is 12.0 Å². The van der Waals surface area contributed by atoms with Gasteiger partial charge in [0.1, 0.15) is 11.9 Å². The number of H-pyrrole nitrogens is 1. The Labute approximate surface area is 176 Å². The highest BCUT2D eigenvalue weighted by Crippen LogP contribution is 2.35. The van der Waals surface area contributed by atoms with Gasteiger partial charge in [0.25, 0.3) is 0 Å². The maximum absolute atomic E-state index is 14.7. The van der Waals surface area contributed by atoms with Crippen LogP contribution in [-0.4, -0.2) is 40.5 Å². The van der Waals surface area contributed by atoms with Crippen molar-refractivity contribution >= 4 is 29.3 Å². The van der Waals surface area contributed by atoms with Crippen LogP contribution in [0.2, 0.25) is 5.02 Å². The lowest BCUT2D eigenvalue weighted by molar-refractivity contribution is 0.0600. The van der Waals surface area contributed by atoms with E-state index in [1.54, 1.807) is 42.7 Å². The summed E-state index contributed by atoms with van der Waals surface area (Å²) in [7, 11) is 1.30. The number of ether oxygens (including phenoxy) is 1. The molecule has 0 radical (unpaired) electrons. The van der Waals surface area contributed by atoms with Crippen LogP contribution in [0, 0.1) is 5.82 Å². The Kier molecular flexibility index (Phi) is 5.41. The molecule has 2 N–H and O–H groups in total. The van der Waals surface area contributed by atoms with E-state index in [-0.39, 0.29) is 5.02 Å². The molecule has 0 saturated heterocycles. The van der Waals surface area contributed by atoms with E-state index in [9.17, 15) is 14.0 Å². The number of esters is 1. The number of hydrogen-bond donors (Lipinski definition) is 2. The summed E-state index contributed by atoms with van der Waals surface area (Å²) in [4.78, 5) is 33.6. The molecule has 0 spiro atoms. The fourth-order valence-corrected chi connectivity index (χ4v) is 3.70. The predicted octanol–water partition coefficient (Wildman–Crippen LogP) is 4.17. The molecule has 1 aliphatic rings. The summed E-state index contributed by atoms with van der Waals surface area (Å²) in [5.74, 6) is -0.975. The number of benzene rings is 2. The zero-order valence-electron chi connectivity index (χ0n) is 16.0. The van der Waals surface area contributed by atoms with Gasteiger partial charge in [-0.25, -0.2) is 19.0 Å². The van der Waals surface area contributed by atoms with Gasteiger partial charge in [-0.1, -0.05) is 17.7 Å². The third-order valence-corrected chi connectivity index (χ3v) is 5.24. The summed E-state index contributed by atoms with van der Waals surface area (Å²) in [6.07, 6.45) is 2.11. The number of carbonyl (C=O) groups is 2. The largest absolute Gasteiger partial charge is 0.465 e. The first kappa shape index (κ1) is 19.9. The summed E-state index contributed by atoms with van der Waals surface area (Å²) in [6, 6.07) is 9.58. The van der Waals surface area contributed by atoms with E-state index in [4.69, 9.17) is 11.6 Å². The van der Waals surface area contributed by atoms with Gasteiger partial charge in [-0.3, -0.25) is 0 Å². The summed E-state index contributed by atoms with van der Waals surface area (Å²) in [6.45, 7) is 0.369. The van der Waals surface area contributed by atoms with E-state index in [0.717, 1.165) is 5.69 Å². The van der Waals surface area contributed by atoms with E-state index >= 15 is 0 Å². The van der Waals surface area contributed by atoms with E-state index in [1.165, 1.54) is 18.1 Å². The lowest BCUT2D eigenvalue weighted by Gasteiger charge is -2.35. The molecule has 0 unspecified atom stereocenters. The van der Waals surface area contributed by atoms with Crippen LogP contribution < -0.4 is 5.32 Å². The molecule has 30 heavy (non-hydrogen) atoms. The molecule has 1 atom stereocenters. The average Bonchev–Trinajstić information content (AvgIpc) is 3.22. The number of aromatic nitrogens is 2. The molecule has 154 valence electrons. The maximum Gasteiger partial charge on any atom is 0.337 e. The van der Waals surface area contributed by atoms with Gasteiger partial charge in [0, 0.05) is 34.9 Å². The van der Waals surface area contributed by atoms with Gasteiger partial charge in [0.2, 0.25) is 0 Å². The van der Waals surface area contributed by atoms with Crippen LogP contribution in [0.1, 0.15) is 33.4 Å². The molecule has 9 heteroatoms. The second-order valence-electron chi connectivity index (χ2n) is 6.78. The van der Waals surface area contributed by atoms with Crippen LogP contribution in [0.3, 0.4) is 0 Å². The molecule has 7 nitrogen and oxygen atoms in total. The molecule has 0 fully saturated rings. The number of methoxy groups -OCH3 is 1. The minimum absolute atomic E-state index is 0.274. The third-order valence-electron chi connectivity index (χ3n) is 5.00. The van der Waals surface area contributed by atoms with Crippen molar-refractivity contribution in [2.45, 2.75) is 12.5 Å². The van der Waals surface area contributed by atoms with Crippen molar-refractivity contribution in [3.63, 3.8) is 0 Å². The standard InChI is InChI=1S/C21H18ClFN4O3/c1-30-20(28)12-2-5-14(6-3-12)26-21(29)27-9-8-17-18(25-11-24-17)19(27)15-7-4-13(22)10-16(15)23/h2-7,10-11,19H,8-9H2,1H3,(H,24,25)(H,26,29)/t19-/m0/s1. The van der Waals surface area contributed by atoms with Crippen molar-refractivity contribution in [1.29, 1.82) is 0 Å². The monoisotopic (exact) mass is 428 g/mol. The van der Waals surface area contributed by atoms with Gasteiger partial charge < -0.3 is 19.9 Å². The highest BCUT2D eigenvalue weighted by molar-refractivity contribution is 6.30. The first-order valence-corrected chi connectivity index (χ1v) is 9.59. The lowest BCUT2D eigenvalue weighted by atomic mass is 9.95. The summed E-state index contributed by atoms with van der Waals surface area (Å²) in [5, 5.41) is 3.07. The molecule has 2 aromatic carbocycles. The molecule has 4 rings (SSSR count). The van der Waals surface area contributed by atoms with E-state index in [1.807, 2.05) is 0 Å². The topological polar surface area (TPSA) is 87.3 Å². The number of rotatable bonds is 3. The van der Waals surface area contributed by atoms with Gasteiger partial charge in [0.15, 0.2) is 0 Å².